The maximum atomic E-state index is 13.6. The summed E-state index contributed by atoms with van der Waals surface area (Å²) in [5, 5.41) is 6.69. The first-order valence-electron chi connectivity index (χ1n) is 11.6. The molecule has 0 aliphatic heterocycles. The predicted molar refractivity (Wildman–Crippen MR) is 146 cm³/mol. The number of anilines is 2. The van der Waals surface area contributed by atoms with Gasteiger partial charge in [-0.25, -0.2) is 4.98 Å². The lowest BCUT2D eigenvalue weighted by Crippen LogP contribution is -2.18. The van der Waals surface area contributed by atoms with Gasteiger partial charge in [0.2, 0.25) is 5.91 Å². The molecule has 3 aromatic carbocycles. The van der Waals surface area contributed by atoms with Crippen molar-refractivity contribution < 1.29 is 27.5 Å². The Labute approximate surface area is 224 Å². The highest BCUT2D eigenvalue weighted by atomic mass is 19.4. The van der Waals surface area contributed by atoms with Crippen molar-refractivity contribution in [1.82, 2.24) is 9.88 Å². The van der Waals surface area contributed by atoms with E-state index in [9.17, 15) is 22.8 Å². The molecule has 0 aliphatic rings. The number of aromatic nitrogens is 1. The van der Waals surface area contributed by atoms with E-state index in [2.05, 4.69) is 15.6 Å². The van der Waals surface area contributed by atoms with E-state index >= 15 is 0 Å². The average molecular weight is 539 g/mol. The maximum Gasteiger partial charge on any atom is 0.416 e. The lowest BCUT2D eigenvalue weighted by atomic mass is 10.0. The number of hydrogen-bond acceptors (Lipinski definition) is 5. The number of halogens is 3. The van der Waals surface area contributed by atoms with Gasteiger partial charge in [-0.05, 0) is 72.9 Å². The summed E-state index contributed by atoms with van der Waals surface area (Å²) in [7, 11) is 3.37. The van der Waals surface area contributed by atoms with E-state index < -0.39 is 17.6 Å². The fraction of sp³-hybridized carbons (Fsp3) is 0.207. The van der Waals surface area contributed by atoms with Gasteiger partial charge in [0.1, 0.15) is 17.3 Å². The topological polar surface area (TPSA) is 83.6 Å². The molecule has 0 atom stereocenters. The number of alkyl halides is 3. The fourth-order valence-corrected chi connectivity index (χ4v) is 3.89. The number of benzene rings is 3. The summed E-state index contributed by atoms with van der Waals surface area (Å²) >= 11 is 0. The quantitative estimate of drug-likeness (QED) is 0.266. The molecule has 2 N–H and O–H groups in total. The number of nitrogens with zero attached hydrogens (tertiary/aromatic N) is 2. The molecule has 0 saturated heterocycles. The van der Waals surface area contributed by atoms with Crippen LogP contribution in [0.3, 0.4) is 0 Å². The third-order valence-electron chi connectivity index (χ3n) is 5.50. The van der Waals surface area contributed by atoms with Gasteiger partial charge >= 0.3 is 6.18 Å². The third-order valence-corrected chi connectivity index (χ3v) is 5.50. The van der Waals surface area contributed by atoms with Gasteiger partial charge in [0, 0.05) is 37.0 Å². The van der Waals surface area contributed by atoms with E-state index in [-0.39, 0.29) is 36.7 Å². The van der Waals surface area contributed by atoms with Crippen LogP contribution in [0.1, 0.15) is 35.8 Å². The Kier molecular flexibility index (Phi) is 8.92. The summed E-state index contributed by atoms with van der Waals surface area (Å²) in [5.41, 5.74) is -0.341. The number of fused-ring (bicyclic) bond motifs is 1. The number of nitrogens with one attached hydrogen (secondary N) is 2. The summed E-state index contributed by atoms with van der Waals surface area (Å²) in [4.78, 5) is 29.9. The third kappa shape index (κ3) is 7.55. The molecular formula is C29H29F3N4O3. The van der Waals surface area contributed by atoms with E-state index in [1.807, 2.05) is 6.07 Å². The number of rotatable bonds is 7. The predicted octanol–water partition coefficient (Wildman–Crippen LogP) is 6.95. The Morgan fingerprint density at radius 1 is 0.897 bits per heavy atom. The van der Waals surface area contributed by atoms with Crippen LogP contribution in [0.4, 0.5) is 24.7 Å². The first-order valence-corrected chi connectivity index (χ1v) is 11.6. The highest BCUT2D eigenvalue weighted by molar-refractivity contribution is 6.06. The lowest BCUT2D eigenvalue weighted by molar-refractivity contribution is -0.138. The SMILES string of the molecule is C.CC(=O)Nc1cc(Oc2ccc3ccc(C(=O)Nc4ccc(CN(C)C)c(C(F)(F)F)c4)cc3c2)ccn1. The molecule has 204 valence electrons. The standard InChI is InChI=1S/C28H25F3N4O3.CH4/c1-17(36)33-26-15-24(10-11-32-26)38-23-9-7-18-4-5-19(12-21(18)13-23)27(37)34-22-8-6-20(16-35(2)3)25(14-22)28(29,30)31;/h4-15H,16H2,1-3H3,(H,34,37)(H,32,33,36);1H4. The molecule has 0 radical (unpaired) electrons. The molecule has 0 aliphatic carbocycles. The molecule has 2 amide bonds. The van der Waals surface area contributed by atoms with Gasteiger partial charge < -0.3 is 20.3 Å². The maximum absolute atomic E-state index is 13.6. The van der Waals surface area contributed by atoms with Crippen LogP contribution in [-0.2, 0) is 17.5 Å². The van der Waals surface area contributed by atoms with Gasteiger partial charge in [-0.1, -0.05) is 25.6 Å². The van der Waals surface area contributed by atoms with Crippen molar-refractivity contribution >= 4 is 34.1 Å². The normalized spacial score (nSPS) is 11.2. The van der Waals surface area contributed by atoms with E-state index in [4.69, 9.17) is 4.74 Å². The average Bonchev–Trinajstić information content (AvgIpc) is 2.83. The van der Waals surface area contributed by atoms with Gasteiger partial charge in [0.25, 0.3) is 5.91 Å². The van der Waals surface area contributed by atoms with E-state index in [0.29, 0.717) is 22.7 Å². The molecule has 7 nitrogen and oxygen atoms in total. The Balaban J connectivity index is 0.00000420. The number of ether oxygens (including phenoxy) is 1. The van der Waals surface area contributed by atoms with Gasteiger partial charge in [-0.3, -0.25) is 9.59 Å². The number of amides is 2. The Bertz CT molecular complexity index is 1500. The van der Waals surface area contributed by atoms with Crippen LogP contribution >= 0.6 is 0 Å². The van der Waals surface area contributed by atoms with Crippen molar-refractivity contribution in [2.75, 3.05) is 24.7 Å². The summed E-state index contributed by atoms with van der Waals surface area (Å²) in [6, 6.07) is 17.3. The summed E-state index contributed by atoms with van der Waals surface area (Å²) < 4.78 is 46.7. The van der Waals surface area contributed by atoms with E-state index in [0.717, 1.165) is 11.5 Å². The van der Waals surface area contributed by atoms with Crippen LogP contribution < -0.4 is 15.4 Å². The number of carbonyl (C=O) groups is 2. The Morgan fingerprint density at radius 2 is 1.62 bits per heavy atom. The summed E-state index contributed by atoms with van der Waals surface area (Å²) in [5.74, 6) is 0.487. The monoisotopic (exact) mass is 538 g/mol. The molecule has 1 aromatic heterocycles. The number of carbonyl (C=O) groups excluding carboxylic acids is 2. The molecule has 10 heteroatoms. The van der Waals surface area contributed by atoms with Crippen molar-refractivity contribution in [1.29, 1.82) is 0 Å². The first kappa shape index (κ1) is 29.1. The van der Waals surface area contributed by atoms with Crippen LogP contribution in [-0.4, -0.2) is 35.8 Å². The smallest absolute Gasteiger partial charge is 0.416 e. The zero-order valence-electron chi connectivity index (χ0n) is 20.9. The van der Waals surface area contributed by atoms with Crippen molar-refractivity contribution in [3.05, 3.63) is 89.6 Å². The second-order valence-electron chi connectivity index (χ2n) is 8.95. The van der Waals surface area contributed by atoms with Gasteiger partial charge in [-0.15, -0.1) is 0 Å². The first-order chi connectivity index (χ1) is 18.0. The van der Waals surface area contributed by atoms with Gasteiger partial charge in [0.05, 0.1) is 5.56 Å². The molecule has 0 saturated carbocycles. The minimum absolute atomic E-state index is 0. The van der Waals surface area contributed by atoms with Gasteiger partial charge in [-0.2, -0.15) is 13.2 Å². The highest BCUT2D eigenvalue weighted by Gasteiger charge is 2.33. The molecular weight excluding hydrogens is 509 g/mol. The van der Waals surface area contributed by atoms with Crippen LogP contribution in [0.5, 0.6) is 11.5 Å². The molecule has 39 heavy (non-hydrogen) atoms. The molecule has 4 rings (SSSR count). The molecule has 0 unspecified atom stereocenters. The van der Waals surface area contributed by atoms with Crippen molar-refractivity contribution in [3.8, 4) is 11.5 Å². The molecule has 0 fully saturated rings. The van der Waals surface area contributed by atoms with Crippen LogP contribution in [0, 0.1) is 0 Å². The van der Waals surface area contributed by atoms with Crippen molar-refractivity contribution in [3.63, 3.8) is 0 Å². The zero-order chi connectivity index (χ0) is 27.4. The largest absolute Gasteiger partial charge is 0.457 e. The van der Waals surface area contributed by atoms with Crippen molar-refractivity contribution in [2.45, 2.75) is 27.1 Å². The Hall–Kier alpha value is -4.44. The highest BCUT2D eigenvalue weighted by Crippen LogP contribution is 2.34. The molecule has 4 aromatic rings. The Morgan fingerprint density at radius 3 is 2.31 bits per heavy atom. The second kappa shape index (κ2) is 12.0. The van der Waals surface area contributed by atoms with Crippen LogP contribution in [0.2, 0.25) is 0 Å². The lowest BCUT2D eigenvalue weighted by Gasteiger charge is -2.18. The number of pyridine rings is 1. The molecule has 1 heterocycles. The molecule has 0 spiro atoms. The second-order valence-corrected chi connectivity index (χ2v) is 8.95. The number of hydrogen-bond donors (Lipinski definition) is 2. The molecule has 0 bridgehead atoms. The van der Waals surface area contributed by atoms with Crippen molar-refractivity contribution in [2.24, 2.45) is 0 Å². The minimum atomic E-state index is -4.55. The van der Waals surface area contributed by atoms with Crippen LogP contribution in [0.15, 0.2) is 72.9 Å². The zero-order valence-corrected chi connectivity index (χ0v) is 20.9. The van der Waals surface area contributed by atoms with E-state index in [1.54, 1.807) is 61.5 Å². The minimum Gasteiger partial charge on any atom is -0.457 e. The summed E-state index contributed by atoms with van der Waals surface area (Å²) in [6.45, 7) is 1.49. The van der Waals surface area contributed by atoms with E-state index in [1.165, 1.54) is 25.3 Å². The summed E-state index contributed by atoms with van der Waals surface area (Å²) in [6.07, 6.45) is -3.05. The van der Waals surface area contributed by atoms with Crippen LogP contribution in [0.25, 0.3) is 10.8 Å². The fourth-order valence-electron chi connectivity index (χ4n) is 3.89. The van der Waals surface area contributed by atoms with Gasteiger partial charge in [0.15, 0.2) is 0 Å².